The zero-order valence-corrected chi connectivity index (χ0v) is 12.0. The number of hydrogen-bond acceptors (Lipinski definition) is 4. The highest BCUT2D eigenvalue weighted by Crippen LogP contribution is 2.26. The molecule has 0 aromatic heterocycles. The molecule has 5 nitrogen and oxygen atoms in total. The first-order valence-corrected chi connectivity index (χ1v) is 6.85. The number of halogens is 1. The van der Waals surface area contributed by atoms with Gasteiger partial charge >= 0.3 is 6.15 Å². The van der Waals surface area contributed by atoms with Crippen molar-refractivity contribution in [2.24, 2.45) is 11.7 Å². The topological polar surface area (TPSA) is 80.5 Å². The number of nitrogens with zero attached hydrogens (tertiary/aromatic N) is 1. The zero-order valence-electron chi connectivity index (χ0n) is 12.0. The number of carbonyl (C=O) groups excluding carboxylic acids is 3. The summed E-state index contributed by atoms with van der Waals surface area (Å²) in [6.45, 7) is 3.39. The summed E-state index contributed by atoms with van der Waals surface area (Å²) in [6.07, 6.45) is 2.51. The van der Waals surface area contributed by atoms with Gasteiger partial charge in [-0.3, -0.25) is 4.79 Å². The van der Waals surface area contributed by atoms with Gasteiger partial charge in [0.1, 0.15) is 5.82 Å². The Balaban J connectivity index is 0.000000677. The molecule has 0 atom stereocenters. The van der Waals surface area contributed by atoms with Crippen LogP contribution in [-0.4, -0.2) is 25.1 Å². The summed E-state index contributed by atoms with van der Waals surface area (Å²) in [6, 6.07) is 5.38. The molecular weight excluding hydrogens is 275 g/mol. The van der Waals surface area contributed by atoms with Crippen LogP contribution in [0.1, 0.15) is 25.3 Å². The molecule has 1 heterocycles. The van der Waals surface area contributed by atoms with E-state index in [1.54, 1.807) is 6.07 Å². The van der Waals surface area contributed by atoms with E-state index in [4.69, 9.17) is 15.3 Å². The van der Waals surface area contributed by atoms with Crippen molar-refractivity contribution in [1.29, 1.82) is 0 Å². The summed E-state index contributed by atoms with van der Waals surface area (Å²) < 4.78 is 13.9. The molecule has 2 N–H and O–H groups in total. The molecule has 0 saturated carbocycles. The standard InChI is InChI=1S/C14H19FN2O.CO2/c1-2-10-3-4-13(12(15)9-10)17-7-5-11(6-8-17)14(16)18;2-1-3/h3-4,9,11H,2,5-8H2,1H3,(H2,16,18);. The van der Waals surface area contributed by atoms with Crippen LogP contribution < -0.4 is 10.6 Å². The Labute approximate surface area is 122 Å². The van der Waals surface area contributed by atoms with Gasteiger partial charge in [-0.15, -0.1) is 0 Å². The number of rotatable bonds is 3. The summed E-state index contributed by atoms with van der Waals surface area (Å²) in [5.41, 5.74) is 6.92. The quantitative estimate of drug-likeness (QED) is 0.916. The number of benzene rings is 1. The Morgan fingerprint density at radius 1 is 1.38 bits per heavy atom. The van der Waals surface area contributed by atoms with Gasteiger partial charge < -0.3 is 10.6 Å². The van der Waals surface area contributed by atoms with Crippen molar-refractivity contribution < 1.29 is 18.8 Å². The lowest BCUT2D eigenvalue weighted by Gasteiger charge is -2.32. The van der Waals surface area contributed by atoms with Crippen molar-refractivity contribution in [2.45, 2.75) is 26.2 Å². The highest BCUT2D eigenvalue weighted by Gasteiger charge is 2.24. The first-order chi connectivity index (χ1) is 10.0. The molecule has 1 amide bonds. The normalized spacial score (nSPS) is 14.9. The smallest absolute Gasteiger partial charge is 0.369 e. The monoisotopic (exact) mass is 294 g/mol. The van der Waals surface area contributed by atoms with Crippen LogP contribution in [-0.2, 0) is 20.8 Å². The van der Waals surface area contributed by atoms with Crippen LogP contribution in [0.3, 0.4) is 0 Å². The van der Waals surface area contributed by atoms with Gasteiger partial charge in [-0.1, -0.05) is 13.0 Å². The molecule has 1 aromatic rings. The molecule has 0 aliphatic carbocycles. The van der Waals surface area contributed by atoms with Crippen molar-refractivity contribution in [1.82, 2.24) is 0 Å². The highest BCUT2D eigenvalue weighted by molar-refractivity contribution is 5.77. The van der Waals surface area contributed by atoms with E-state index in [0.717, 1.165) is 12.0 Å². The SMILES string of the molecule is CCc1ccc(N2CCC(C(N)=O)CC2)c(F)c1.O=C=O. The fraction of sp³-hybridized carbons (Fsp3) is 0.467. The summed E-state index contributed by atoms with van der Waals surface area (Å²) in [5.74, 6) is -0.470. The minimum atomic E-state index is -0.239. The second-order valence-corrected chi connectivity index (χ2v) is 4.89. The minimum Gasteiger partial charge on any atom is -0.369 e. The summed E-state index contributed by atoms with van der Waals surface area (Å²) in [7, 11) is 0. The van der Waals surface area contributed by atoms with Crippen molar-refractivity contribution in [3.63, 3.8) is 0 Å². The molecular formula is C15H19FN2O3. The molecule has 6 heteroatoms. The Kier molecular flexibility index (Phi) is 6.56. The van der Waals surface area contributed by atoms with Crippen LogP contribution >= 0.6 is 0 Å². The Morgan fingerprint density at radius 2 is 1.95 bits per heavy atom. The minimum absolute atomic E-state index is 0.0563. The molecule has 0 unspecified atom stereocenters. The number of anilines is 1. The van der Waals surface area contributed by atoms with Crippen molar-refractivity contribution in [3.05, 3.63) is 29.6 Å². The molecule has 21 heavy (non-hydrogen) atoms. The number of hydrogen-bond donors (Lipinski definition) is 1. The number of primary amides is 1. The van der Waals surface area contributed by atoms with E-state index in [2.05, 4.69) is 0 Å². The molecule has 1 aliphatic rings. The number of nitrogens with two attached hydrogens (primary N) is 1. The molecule has 1 aliphatic heterocycles. The van der Waals surface area contributed by atoms with Gasteiger partial charge in [0, 0.05) is 19.0 Å². The Morgan fingerprint density at radius 3 is 2.38 bits per heavy atom. The molecule has 1 fully saturated rings. The Bertz CT molecular complexity index is 520. The fourth-order valence-electron chi connectivity index (χ4n) is 2.43. The molecule has 1 aromatic carbocycles. The van der Waals surface area contributed by atoms with Crippen LogP contribution in [0.5, 0.6) is 0 Å². The third kappa shape index (κ3) is 4.68. The van der Waals surface area contributed by atoms with Crippen molar-refractivity contribution in [2.75, 3.05) is 18.0 Å². The third-order valence-electron chi connectivity index (χ3n) is 3.66. The largest absolute Gasteiger partial charge is 0.373 e. The maximum Gasteiger partial charge on any atom is 0.373 e. The lowest BCUT2D eigenvalue weighted by Crippen LogP contribution is -2.38. The summed E-state index contributed by atoms with van der Waals surface area (Å²) in [4.78, 5) is 29.3. The second-order valence-electron chi connectivity index (χ2n) is 4.89. The first kappa shape index (κ1) is 16.9. The van der Waals surface area contributed by atoms with Crippen LogP contribution in [0.2, 0.25) is 0 Å². The predicted molar refractivity (Wildman–Crippen MR) is 74.9 cm³/mol. The fourth-order valence-corrected chi connectivity index (χ4v) is 2.43. The van der Waals surface area contributed by atoms with Crippen LogP contribution in [0.25, 0.3) is 0 Å². The average molecular weight is 294 g/mol. The molecule has 1 saturated heterocycles. The second kappa shape index (κ2) is 8.17. The van der Waals surface area contributed by atoms with Gasteiger partial charge in [0.15, 0.2) is 0 Å². The maximum atomic E-state index is 13.9. The Hall–Kier alpha value is -2.20. The molecule has 0 radical (unpaired) electrons. The van der Waals surface area contributed by atoms with Crippen LogP contribution in [0.4, 0.5) is 10.1 Å². The highest BCUT2D eigenvalue weighted by atomic mass is 19.1. The zero-order chi connectivity index (χ0) is 15.8. The van der Waals surface area contributed by atoms with Gasteiger partial charge in [0.05, 0.1) is 5.69 Å². The van der Waals surface area contributed by atoms with Crippen LogP contribution in [0, 0.1) is 11.7 Å². The lowest BCUT2D eigenvalue weighted by atomic mass is 9.96. The van der Waals surface area contributed by atoms with Gasteiger partial charge in [0.2, 0.25) is 5.91 Å². The summed E-state index contributed by atoms with van der Waals surface area (Å²) in [5, 5.41) is 0. The van der Waals surface area contributed by atoms with E-state index in [1.807, 2.05) is 24.0 Å². The number of carbonyl (C=O) groups is 1. The van der Waals surface area contributed by atoms with E-state index in [-0.39, 0.29) is 23.8 Å². The van der Waals surface area contributed by atoms with E-state index >= 15 is 0 Å². The van der Waals surface area contributed by atoms with Crippen molar-refractivity contribution in [3.8, 4) is 0 Å². The molecule has 0 spiro atoms. The van der Waals surface area contributed by atoms with Crippen molar-refractivity contribution >= 4 is 17.7 Å². The number of amides is 1. The van der Waals surface area contributed by atoms with Gasteiger partial charge in [-0.25, -0.2) is 4.39 Å². The number of aryl methyl sites for hydroxylation is 1. The predicted octanol–water partition coefficient (Wildman–Crippen LogP) is 1.51. The molecule has 0 bridgehead atoms. The average Bonchev–Trinajstić information content (AvgIpc) is 2.48. The molecule has 114 valence electrons. The van der Waals surface area contributed by atoms with E-state index in [0.29, 0.717) is 31.6 Å². The number of piperidine rings is 1. The van der Waals surface area contributed by atoms with E-state index in [9.17, 15) is 9.18 Å². The third-order valence-corrected chi connectivity index (χ3v) is 3.66. The van der Waals surface area contributed by atoms with Gasteiger partial charge in [0.25, 0.3) is 0 Å². The van der Waals surface area contributed by atoms with E-state index in [1.165, 1.54) is 0 Å². The van der Waals surface area contributed by atoms with Crippen LogP contribution in [0.15, 0.2) is 18.2 Å². The summed E-state index contributed by atoms with van der Waals surface area (Å²) >= 11 is 0. The van der Waals surface area contributed by atoms with E-state index < -0.39 is 0 Å². The van der Waals surface area contributed by atoms with Gasteiger partial charge in [-0.05, 0) is 37.0 Å². The first-order valence-electron chi connectivity index (χ1n) is 6.85. The van der Waals surface area contributed by atoms with Gasteiger partial charge in [-0.2, -0.15) is 9.59 Å². The molecule has 2 rings (SSSR count). The maximum absolute atomic E-state index is 13.9. The lowest BCUT2D eigenvalue weighted by molar-refractivity contribution is -0.191.